The Bertz CT molecular complexity index is 704. The van der Waals surface area contributed by atoms with E-state index in [4.69, 9.17) is 0 Å². The molecule has 0 fully saturated rings. The number of likely N-dealkylation sites (N-methyl/N-ethyl adjacent to an activating group) is 1. The van der Waals surface area contributed by atoms with Crippen molar-refractivity contribution in [3.05, 3.63) is 23.8 Å². The highest BCUT2D eigenvalue weighted by molar-refractivity contribution is 7.91. The van der Waals surface area contributed by atoms with Crippen LogP contribution in [0.15, 0.2) is 28.0 Å². The van der Waals surface area contributed by atoms with E-state index in [1.165, 1.54) is 12.1 Å². The van der Waals surface area contributed by atoms with Gasteiger partial charge in [-0.1, -0.05) is 19.9 Å². The van der Waals surface area contributed by atoms with Gasteiger partial charge in [0.2, 0.25) is 0 Å². The smallest absolute Gasteiger partial charge is 0.175 e. The van der Waals surface area contributed by atoms with Gasteiger partial charge in [-0.3, -0.25) is 0 Å². The SMILES string of the molecule is CCC(NC)C(C)c1ccc(S(C)(=O)=O)cc1S(C)(=O)=O. The van der Waals surface area contributed by atoms with Gasteiger partial charge in [-0.05, 0) is 37.1 Å². The Morgan fingerprint density at radius 1 is 1.10 bits per heavy atom. The number of sulfone groups is 2. The average Bonchev–Trinajstić information content (AvgIpc) is 2.37. The molecule has 2 unspecified atom stereocenters. The van der Waals surface area contributed by atoms with Crippen LogP contribution in [0.3, 0.4) is 0 Å². The van der Waals surface area contributed by atoms with Crippen molar-refractivity contribution in [3.63, 3.8) is 0 Å². The Hall–Kier alpha value is -0.920. The van der Waals surface area contributed by atoms with Crippen LogP contribution in [0.1, 0.15) is 31.7 Å². The summed E-state index contributed by atoms with van der Waals surface area (Å²) in [5.74, 6) is -0.0432. The quantitative estimate of drug-likeness (QED) is 0.855. The molecule has 0 radical (unpaired) electrons. The first-order valence-corrected chi connectivity index (χ1v) is 10.5. The van der Waals surface area contributed by atoms with Crippen molar-refractivity contribution in [2.24, 2.45) is 0 Å². The van der Waals surface area contributed by atoms with Gasteiger partial charge in [-0.15, -0.1) is 0 Å². The first-order chi connectivity index (χ1) is 9.52. The summed E-state index contributed by atoms with van der Waals surface area (Å²) in [6.45, 7) is 3.96. The van der Waals surface area contributed by atoms with Crippen molar-refractivity contribution in [3.8, 4) is 0 Å². The van der Waals surface area contributed by atoms with Gasteiger partial charge in [0.1, 0.15) is 0 Å². The molecule has 0 amide bonds. The fourth-order valence-electron chi connectivity index (χ4n) is 2.47. The molecule has 1 aromatic carbocycles. The molecule has 0 aromatic heterocycles. The summed E-state index contributed by atoms with van der Waals surface area (Å²) in [4.78, 5) is 0.114. The van der Waals surface area contributed by atoms with E-state index in [0.717, 1.165) is 18.9 Å². The molecule has 5 nitrogen and oxygen atoms in total. The lowest BCUT2D eigenvalue weighted by atomic mass is 9.92. The fourth-order valence-corrected chi connectivity index (χ4v) is 4.21. The van der Waals surface area contributed by atoms with Crippen LogP contribution in [0.5, 0.6) is 0 Å². The summed E-state index contributed by atoms with van der Waals surface area (Å²) in [5.41, 5.74) is 0.645. The molecule has 1 aromatic rings. The summed E-state index contributed by atoms with van der Waals surface area (Å²) >= 11 is 0. The summed E-state index contributed by atoms with van der Waals surface area (Å²) in [6, 6.07) is 4.46. The Kier molecular flexibility index (Phi) is 5.57. The number of rotatable bonds is 6. The molecule has 2 atom stereocenters. The van der Waals surface area contributed by atoms with Crippen LogP contribution in [0.25, 0.3) is 0 Å². The second-order valence-electron chi connectivity index (χ2n) is 5.34. The maximum absolute atomic E-state index is 12.0. The largest absolute Gasteiger partial charge is 0.316 e. The lowest BCUT2D eigenvalue weighted by molar-refractivity contribution is 0.467. The normalized spacial score (nSPS) is 15.7. The highest BCUT2D eigenvalue weighted by atomic mass is 32.2. The monoisotopic (exact) mass is 333 g/mol. The first-order valence-electron chi connectivity index (χ1n) is 6.73. The Morgan fingerprint density at radius 3 is 2.05 bits per heavy atom. The maximum Gasteiger partial charge on any atom is 0.175 e. The topological polar surface area (TPSA) is 80.3 Å². The average molecular weight is 333 g/mol. The number of hydrogen-bond acceptors (Lipinski definition) is 5. The number of hydrogen-bond donors (Lipinski definition) is 1. The Balaban J connectivity index is 3.54. The molecule has 0 bridgehead atoms. The van der Waals surface area contributed by atoms with E-state index in [-0.39, 0.29) is 21.8 Å². The molecule has 0 aliphatic heterocycles. The van der Waals surface area contributed by atoms with Crippen molar-refractivity contribution in [1.29, 1.82) is 0 Å². The molecule has 1 N–H and O–H groups in total. The van der Waals surface area contributed by atoms with Gasteiger partial charge in [-0.25, -0.2) is 16.8 Å². The van der Waals surface area contributed by atoms with Crippen molar-refractivity contribution < 1.29 is 16.8 Å². The van der Waals surface area contributed by atoms with Gasteiger partial charge in [0.05, 0.1) is 9.79 Å². The van der Waals surface area contributed by atoms with Crippen molar-refractivity contribution in [2.75, 3.05) is 19.6 Å². The van der Waals surface area contributed by atoms with Gasteiger partial charge in [0.15, 0.2) is 19.7 Å². The van der Waals surface area contributed by atoms with Crippen LogP contribution < -0.4 is 5.32 Å². The van der Waals surface area contributed by atoms with Gasteiger partial charge >= 0.3 is 0 Å². The standard InChI is InChI=1S/C14H23NO4S2/c1-6-13(15-3)10(2)12-8-7-11(20(4,16)17)9-14(12)21(5,18)19/h7-10,13,15H,6H2,1-5H3. The van der Waals surface area contributed by atoms with E-state index in [1.54, 1.807) is 6.07 Å². The first kappa shape index (κ1) is 18.1. The molecule has 21 heavy (non-hydrogen) atoms. The lowest BCUT2D eigenvalue weighted by Gasteiger charge is -2.24. The highest BCUT2D eigenvalue weighted by Crippen LogP contribution is 2.29. The van der Waals surface area contributed by atoms with E-state index in [1.807, 2.05) is 20.9 Å². The molecule has 7 heteroatoms. The molecule has 0 heterocycles. The van der Waals surface area contributed by atoms with Crippen LogP contribution in [0.2, 0.25) is 0 Å². The summed E-state index contributed by atoms with van der Waals surface area (Å²) in [6.07, 6.45) is 3.01. The molecule has 0 aliphatic carbocycles. The van der Waals surface area contributed by atoms with Crippen molar-refractivity contribution >= 4 is 19.7 Å². The Labute approximate surface area is 127 Å². The molecule has 1 rings (SSSR count). The zero-order valence-electron chi connectivity index (χ0n) is 13.0. The molecule has 120 valence electrons. The van der Waals surface area contributed by atoms with Gasteiger partial charge < -0.3 is 5.32 Å². The van der Waals surface area contributed by atoms with Crippen molar-refractivity contribution in [1.82, 2.24) is 5.32 Å². The third kappa shape index (κ3) is 4.28. The molecular formula is C14H23NO4S2. The summed E-state index contributed by atoms with van der Waals surface area (Å²) < 4.78 is 47.3. The minimum absolute atomic E-state index is 0.0244. The van der Waals surface area contributed by atoms with Crippen LogP contribution in [0, 0.1) is 0 Å². The molecule has 0 aliphatic rings. The number of benzene rings is 1. The third-order valence-electron chi connectivity index (χ3n) is 3.72. The zero-order valence-corrected chi connectivity index (χ0v) is 14.7. The zero-order chi connectivity index (χ0) is 16.4. The van der Waals surface area contributed by atoms with Crippen LogP contribution in [-0.2, 0) is 19.7 Å². The third-order valence-corrected chi connectivity index (χ3v) is 5.98. The summed E-state index contributed by atoms with van der Waals surface area (Å²) in [5, 5.41) is 3.16. The van der Waals surface area contributed by atoms with Gasteiger partial charge in [-0.2, -0.15) is 0 Å². The molecule has 0 spiro atoms. The predicted molar refractivity (Wildman–Crippen MR) is 84.2 cm³/mol. The minimum atomic E-state index is -3.50. The summed E-state index contributed by atoms with van der Waals surface area (Å²) in [7, 11) is -5.11. The van der Waals surface area contributed by atoms with Crippen LogP contribution in [0.4, 0.5) is 0 Å². The Morgan fingerprint density at radius 2 is 1.67 bits per heavy atom. The molecule has 0 saturated heterocycles. The van der Waals surface area contributed by atoms with Crippen molar-refractivity contribution in [2.45, 2.75) is 42.0 Å². The molecule has 0 saturated carbocycles. The predicted octanol–water partition coefficient (Wildman–Crippen LogP) is 1.60. The maximum atomic E-state index is 12.0. The second-order valence-corrected chi connectivity index (χ2v) is 9.34. The van der Waals surface area contributed by atoms with Crippen LogP contribution >= 0.6 is 0 Å². The van der Waals surface area contributed by atoms with Crippen LogP contribution in [-0.4, -0.2) is 42.4 Å². The van der Waals surface area contributed by atoms with E-state index in [9.17, 15) is 16.8 Å². The highest BCUT2D eigenvalue weighted by Gasteiger charge is 2.24. The second kappa shape index (κ2) is 6.46. The van der Waals surface area contributed by atoms with E-state index in [2.05, 4.69) is 5.32 Å². The van der Waals surface area contributed by atoms with E-state index >= 15 is 0 Å². The lowest BCUT2D eigenvalue weighted by Crippen LogP contribution is -2.30. The van der Waals surface area contributed by atoms with E-state index < -0.39 is 19.7 Å². The van der Waals surface area contributed by atoms with Gasteiger partial charge in [0, 0.05) is 18.6 Å². The molecular weight excluding hydrogens is 310 g/mol. The van der Waals surface area contributed by atoms with Gasteiger partial charge in [0.25, 0.3) is 0 Å². The fraction of sp³-hybridized carbons (Fsp3) is 0.571. The minimum Gasteiger partial charge on any atom is -0.316 e. The number of nitrogens with one attached hydrogen (secondary N) is 1. The van der Waals surface area contributed by atoms with E-state index in [0.29, 0.717) is 5.56 Å².